The zero-order valence-electron chi connectivity index (χ0n) is 16.1. The van der Waals surface area contributed by atoms with Gasteiger partial charge in [-0.2, -0.15) is 4.31 Å². The Labute approximate surface area is 162 Å². The molecule has 3 rings (SSSR count). The van der Waals surface area contributed by atoms with Crippen LogP contribution in [-0.2, 0) is 10.0 Å². The van der Waals surface area contributed by atoms with Crippen LogP contribution in [0.2, 0.25) is 0 Å². The highest BCUT2D eigenvalue weighted by Crippen LogP contribution is 2.24. The van der Waals surface area contributed by atoms with Gasteiger partial charge in [-0.25, -0.2) is 8.42 Å². The maximum atomic E-state index is 12.9. The Hall–Kier alpha value is -1.66. The molecule has 0 radical (unpaired) electrons. The second kappa shape index (κ2) is 9.02. The third-order valence-corrected chi connectivity index (χ3v) is 7.49. The van der Waals surface area contributed by atoms with Gasteiger partial charge in [-0.05, 0) is 69.1 Å². The summed E-state index contributed by atoms with van der Waals surface area (Å²) < 4.78 is 27.3. The van der Waals surface area contributed by atoms with Crippen LogP contribution in [0.4, 0.5) is 0 Å². The number of nitrogens with zero attached hydrogens (tertiary/aromatic N) is 1. The molecular weight excluding hydrogens is 360 g/mol. The van der Waals surface area contributed by atoms with Crippen molar-refractivity contribution in [1.29, 1.82) is 0 Å². The molecule has 1 saturated heterocycles. The summed E-state index contributed by atoms with van der Waals surface area (Å²) in [7, 11) is -3.53. The van der Waals surface area contributed by atoms with Gasteiger partial charge < -0.3 is 5.32 Å². The summed E-state index contributed by atoms with van der Waals surface area (Å²) in [5, 5.41) is 2.92. The van der Waals surface area contributed by atoms with Gasteiger partial charge in [0.25, 0.3) is 5.91 Å². The quantitative estimate of drug-likeness (QED) is 0.753. The number of carbonyl (C=O) groups excluding carboxylic acids is 1. The molecule has 27 heavy (non-hydrogen) atoms. The van der Waals surface area contributed by atoms with Gasteiger partial charge in [0.15, 0.2) is 0 Å². The van der Waals surface area contributed by atoms with Crippen LogP contribution in [0, 0.1) is 5.92 Å². The minimum absolute atomic E-state index is 0.208. The largest absolute Gasteiger partial charge is 0.352 e. The van der Waals surface area contributed by atoms with Gasteiger partial charge in [-0.1, -0.05) is 24.6 Å². The van der Waals surface area contributed by atoms with Crippen LogP contribution in [0.3, 0.4) is 0 Å². The van der Waals surface area contributed by atoms with E-state index in [4.69, 9.17) is 0 Å². The lowest BCUT2D eigenvalue weighted by molar-refractivity contribution is 0.0954. The van der Waals surface area contributed by atoms with Gasteiger partial charge >= 0.3 is 0 Å². The fourth-order valence-electron chi connectivity index (χ4n) is 3.74. The van der Waals surface area contributed by atoms with Gasteiger partial charge in [0.1, 0.15) is 0 Å². The monoisotopic (exact) mass is 390 g/mol. The van der Waals surface area contributed by atoms with Crippen molar-refractivity contribution in [3.63, 3.8) is 0 Å². The highest BCUT2D eigenvalue weighted by molar-refractivity contribution is 7.89. The molecule has 1 amide bonds. The van der Waals surface area contributed by atoms with Crippen molar-refractivity contribution in [1.82, 2.24) is 9.62 Å². The second-order valence-electron chi connectivity index (χ2n) is 7.73. The minimum Gasteiger partial charge on any atom is -0.352 e. The van der Waals surface area contributed by atoms with Gasteiger partial charge in [-0.15, -0.1) is 0 Å². The SMILES string of the molecule is CC1CCN(S(=O)(=O)c2cccc(C(=O)NCCC3=CCCCC3)c2)CC1. The Morgan fingerprint density at radius 3 is 2.70 bits per heavy atom. The lowest BCUT2D eigenvalue weighted by Crippen LogP contribution is -2.38. The molecule has 0 bridgehead atoms. The molecule has 5 nitrogen and oxygen atoms in total. The summed E-state index contributed by atoms with van der Waals surface area (Å²) in [5.74, 6) is 0.351. The highest BCUT2D eigenvalue weighted by Gasteiger charge is 2.28. The summed E-state index contributed by atoms with van der Waals surface area (Å²) in [5.41, 5.74) is 1.82. The van der Waals surface area contributed by atoms with E-state index in [1.54, 1.807) is 22.5 Å². The summed E-state index contributed by atoms with van der Waals surface area (Å²) in [6.45, 7) is 3.84. The van der Waals surface area contributed by atoms with Gasteiger partial charge in [0.2, 0.25) is 10.0 Å². The molecule has 1 N–H and O–H groups in total. The van der Waals surface area contributed by atoms with E-state index in [1.807, 2.05) is 0 Å². The molecule has 6 heteroatoms. The van der Waals surface area contributed by atoms with Crippen molar-refractivity contribution in [3.05, 3.63) is 41.5 Å². The normalized spacial score (nSPS) is 19.5. The molecule has 1 fully saturated rings. The number of allylic oxidation sites excluding steroid dienone is 1. The van der Waals surface area contributed by atoms with Gasteiger partial charge in [-0.3, -0.25) is 4.79 Å². The maximum absolute atomic E-state index is 12.9. The van der Waals surface area contributed by atoms with E-state index in [-0.39, 0.29) is 10.8 Å². The Kier molecular flexibility index (Phi) is 6.71. The first-order chi connectivity index (χ1) is 13.0. The summed E-state index contributed by atoms with van der Waals surface area (Å²) in [4.78, 5) is 12.7. The predicted octanol–water partition coefficient (Wildman–Crippen LogP) is 3.73. The van der Waals surface area contributed by atoms with Crippen molar-refractivity contribution >= 4 is 15.9 Å². The Morgan fingerprint density at radius 1 is 1.22 bits per heavy atom. The molecule has 1 aromatic rings. The number of benzene rings is 1. The lowest BCUT2D eigenvalue weighted by atomic mass is 9.97. The molecule has 1 aliphatic carbocycles. The summed E-state index contributed by atoms with van der Waals surface area (Å²) >= 11 is 0. The van der Waals surface area contributed by atoms with Crippen molar-refractivity contribution in [3.8, 4) is 0 Å². The highest BCUT2D eigenvalue weighted by atomic mass is 32.2. The first-order valence-electron chi connectivity index (χ1n) is 10.0. The standard InChI is InChI=1S/C21H30N2O3S/c1-17-11-14-23(15-12-17)27(25,26)20-9-5-8-19(16-20)21(24)22-13-10-18-6-3-2-4-7-18/h5-6,8-9,16-17H,2-4,7,10-15H2,1H3,(H,22,24). The van der Waals surface area contributed by atoms with Crippen LogP contribution < -0.4 is 5.32 Å². The summed E-state index contributed by atoms with van der Waals surface area (Å²) in [6.07, 6.45) is 9.67. The molecule has 0 aromatic heterocycles. The Bertz CT molecular complexity index is 793. The molecule has 1 heterocycles. The van der Waals surface area contributed by atoms with Gasteiger partial charge in [0, 0.05) is 25.2 Å². The fourth-order valence-corrected chi connectivity index (χ4v) is 5.26. The van der Waals surface area contributed by atoms with E-state index in [0.717, 1.165) is 32.1 Å². The maximum Gasteiger partial charge on any atom is 0.251 e. The number of amides is 1. The number of nitrogens with one attached hydrogen (secondary N) is 1. The number of hydrogen-bond acceptors (Lipinski definition) is 3. The molecule has 148 valence electrons. The number of rotatable bonds is 6. The van der Waals surface area contributed by atoms with Crippen LogP contribution in [0.15, 0.2) is 40.8 Å². The number of sulfonamides is 1. The predicted molar refractivity (Wildman–Crippen MR) is 107 cm³/mol. The molecule has 0 atom stereocenters. The average Bonchev–Trinajstić information content (AvgIpc) is 2.69. The van der Waals surface area contributed by atoms with Crippen molar-refractivity contribution in [2.75, 3.05) is 19.6 Å². The van der Waals surface area contributed by atoms with E-state index in [9.17, 15) is 13.2 Å². The fraction of sp³-hybridized carbons (Fsp3) is 0.571. The third kappa shape index (κ3) is 5.20. The topological polar surface area (TPSA) is 66.5 Å². The molecule has 1 aliphatic heterocycles. The number of hydrogen-bond donors (Lipinski definition) is 1. The zero-order chi connectivity index (χ0) is 19.3. The van der Waals surface area contributed by atoms with Crippen LogP contribution in [0.1, 0.15) is 62.2 Å². The van der Waals surface area contributed by atoms with E-state index in [1.165, 1.54) is 24.5 Å². The van der Waals surface area contributed by atoms with Crippen molar-refractivity contribution in [2.45, 2.75) is 56.8 Å². The van der Waals surface area contributed by atoms with Crippen LogP contribution >= 0.6 is 0 Å². The lowest BCUT2D eigenvalue weighted by Gasteiger charge is -2.29. The molecule has 2 aliphatic rings. The van der Waals surface area contributed by atoms with E-state index in [0.29, 0.717) is 31.1 Å². The molecule has 0 unspecified atom stereocenters. The minimum atomic E-state index is -3.53. The molecule has 0 spiro atoms. The zero-order valence-corrected chi connectivity index (χ0v) is 16.9. The summed E-state index contributed by atoms with van der Waals surface area (Å²) in [6, 6.07) is 6.41. The molecular formula is C21H30N2O3S. The van der Waals surface area contributed by atoms with E-state index >= 15 is 0 Å². The number of carbonyl (C=O) groups is 1. The van der Waals surface area contributed by atoms with Crippen molar-refractivity contribution in [2.24, 2.45) is 5.92 Å². The first-order valence-corrected chi connectivity index (χ1v) is 11.5. The third-order valence-electron chi connectivity index (χ3n) is 5.59. The average molecular weight is 391 g/mol. The van der Waals surface area contributed by atoms with Gasteiger partial charge in [0.05, 0.1) is 4.90 Å². The van der Waals surface area contributed by atoms with Crippen LogP contribution in [0.25, 0.3) is 0 Å². The van der Waals surface area contributed by atoms with E-state index in [2.05, 4.69) is 18.3 Å². The first kappa shape index (κ1) is 20.1. The Balaban J connectivity index is 1.62. The Morgan fingerprint density at radius 2 is 2.00 bits per heavy atom. The van der Waals surface area contributed by atoms with E-state index < -0.39 is 10.0 Å². The second-order valence-corrected chi connectivity index (χ2v) is 9.67. The molecule has 0 saturated carbocycles. The smallest absolute Gasteiger partial charge is 0.251 e. The number of piperidine rings is 1. The van der Waals surface area contributed by atoms with Crippen LogP contribution in [0.5, 0.6) is 0 Å². The van der Waals surface area contributed by atoms with Crippen molar-refractivity contribution < 1.29 is 13.2 Å². The van der Waals surface area contributed by atoms with Crippen LogP contribution in [-0.4, -0.2) is 38.3 Å². The molecule has 1 aromatic carbocycles.